The molecular weight excluding hydrogens is 140 g/mol. The van der Waals surface area contributed by atoms with Gasteiger partial charge < -0.3 is 4.79 Å². The highest BCUT2D eigenvalue weighted by molar-refractivity contribution is 6.42. The molecule has 0 aliphatic heterocycles. The average molecular weight is 156 g/mol. The van der Waals surface area contributed by atoms with Crippen molar-refractivity contribution in [2.45, 2.75) is 32.7 Å². The summed E-state index contributed by atoms with van der Waals surface area (Å²) >= 11 is 0. The lowest BCUT2D eigenvalue weighted by Crippen LogP contribution is -1.86. The summed E-state index contributed by atoms with van der Waals surface area (Å²) in [5, 5.41) is 0. The van der Waals surface area contributed by atoms with Crippen molar-refractivity contribution in [2.75, 3.05) is 0 Å². The van der Waals surface area contributed by atoms with Crippen LogP contribution in [-0.4, -0.2) is 15.8 Å². The van der Waals surface area contributed by atoms with Crippen LogP contribution in [0.15, 0.2) is 11.3 Å². The number of rotatable bonds is 5. The molecule has 0 heterocycles. The van der Waals surface area contributed by atoms with E-state index in [0.717, 1.165) is 19.1 Å². The first-order valence-corrected chi connectivity index (χ1v) is 5.66. The second-order valence-corrected chi connectivity index (χ2v) is 4.43. The fraction of sp³-hybridized carbons (Fsp3) is 0.625. The molecule has 0 atom stereocenters. The molecule has 0 saturated carbocycles. The molecule has 2 heteroatoms. The lowest BCUT2D eigenvalue weighted by Gasteiger charge is -1.90. The van der Waals surface area contributed by atoms with Crippen molar-refractivity contribution in [1.82, 2.24) is 0 Å². The molecule has 0 aliphatic carbocycles. The quantitative estimate of drug-likeness (QED) is 0.335. The summed E-state index contributed by atoms with van der Waals surface area (Å²) in [5.74, 6) is 0. The zero-order valence-corrected chi connectivity index (χ0v) is 8.31. The molecule has 0 spiro atoms. The minimum absolute atomic E-state index is 0.0226. The van der Waals surface area contributed by atoms with E-state index in [2.05, 4.69) is 19.5 Å². The average Bonchev–Trinajstić information content (AvgIpc) is 1.87. The summed E-state index contributed by atoms with van der Waals surface area (Å²) in [7, 11) is 0.0226. The largest absolute Gasteiger partial charge is 0.303 e. The van der Waals surface area contributed by atoms with E-state index in [1.54, 1.807) is 0 Å². The molecule has 0 fully saturated rings. The zero-order valence-electron chi connectivity index (χ0n) is 6.89. The summed E-state index contributed by atoms with van der Waals surface area (Å²) < 4.78 is 0. The minimum Gasteiger partial charge on any atom is -0.303 e. The van der Waals surface area contributed by atoms with Crippen molar-refractivity contribution in [2.24, 2.45) is 0 Å². The van der Waals surface area contributed by atoms with Crippen molar-refractivity contribution in [3.63, 3.8) is 0 Å². The van der Waals surface area contributed by atoms with Gasteiger partial charge in [-0.3, -0.25) is 0 Å². The fourth-order valence-corrected chi connectivity index (χ4v) is 2.12. The standard InChI is InChI=1S/C8H16OSi/c1-8(2)7-10-6-4-3-5-9/h5,7H,3-4,6,10H2,1-2H3. The SMILES string of the molecule is CC(C)=C[SiH2]CCCC=O. The first kappa shape index (κ1) is 9.63. The third kappa shape index (κ3) is 7.63. The van der Waals surface area contributed by atoms with Crippen LogP contribution < -0.4 is 0 Å². The molecule has 58 valence electrons. The van der Waals surface area contributed by atoms with Gasteiger partial charge in [-0.1, -0.05) is 11.6 Å². The van der Waals surface area contributed by atoms with Gasteiger partial charge >= 0.3 is 0 Å². The molecule has 0 rings (SSSR count). The molecule has 10 heavy (non-hydrogen) atoms. The van der Waals surface area contributed by atoms with Crippen LogP contribution in [0.4, 0.5) is 0 Å². The van der Waals surface area contributed by atoms with Gasteiger partial charge in [0.2, 0.25) is 0 Å². The summed E-state index contributed by atoms with van der Waals surface area (Å²) in [5.41, 5.74) is 3.78. The minimum atomic E-state index is 0.0226. The lowest BCUT2D eigenvalue weighted by atomic mass is 10.4. The van der Waals surface area contributed by atoms with Gasteiger partial charge in [0.1, 0.15) is 6.29 Å². The lowest BCUT2D eigenvalue weighted by molar-refractivity contribution is -0.107. The number of unbranched alkanes of at least 4 members (excludes halogenated alkanes) is 1. The number of carbonyl (C=O) groups excluding carboxylic acids is 1. The fourth-order valence-electron chi connectivity index (χ4n) is 0.763. The first-order chi connectivity index (χ1) is 4.77. The van der Waals surface area contributed by atoms with Crippen LogP contribution >= 0.6 is 0 Å². The highest BCUT2D eigenvalue weighted by Gasteiger charge is 1.85. The number of aldehydes is 1. The van der Waals surface area contributed by atoms with Gasteiger partial charge in [-0.05, 0) is 20.3 Å². The van der Waals surface area contributed by atoms with E-state index in [1.165, 1.54) is 11.6 Å². The third-order valence-electron chi connectivity index (χ3n) is 1.33. The number of allylic oxidation sites excluding steroid dienone is 1. The molecule has 0 bridgehead atoms. The third-order valence-corrected chi connectivity index (χ3v) is 3.34. The molecule has 0 aromatic rings. The molecule has 0 aromatic heterocycles. The number of carbonyl (C=O) groups is 1. The van der Waals surface area contributed by atoms with E-state index in [9.17, 15) is 4.79 Å². The maximum absolute atomic E-state index is 9.90. The van der Waals surface area contributed by atoms with Crippen molar-refractivity contribution in [3.05, 3.63) is 11.3 Å². The van der Waals surface area contributed by atoms with Crippen LogP contribution in [0.1, 0.15) is 26.7 Å². The Bertz CT molecular complexity index is 114. The van der Waals surface area contributed by atoms with Crippen LogP contribution in [0.2, 0.25) is 6.04 Å². The van der Waals surface area contributed by atoms with E-state index in [0.29, 0.717) is 0 Å². The first-order valence-electron chi connectivity index (χ1n) is 3.84. The van der Waals surface area contributed by atoms with Crippen molar-refractivity contribution in [1.29, 1.82) is 0 Å². The summed E-state index contributed by atoms with van der Waals surface area (Å²) in [6.45, 7) is 4.26. The second-order valence-electron chi connectivity index (χ2n) is 2.73. The predicted octanol–water partition coefficient (Wildman–Crippen LogP) is 1.48. The molecule has 0 amide bonds. The van der Waals surface area contributed by atoms with Crippen molar-refractivity contribution in [3.8, 4) is 0 Å². The Morgan fingerprint density at radius 1 is 1.50 bits per heavy atom. The Labute approximate surface area is 65.3 Å². The maximum Gasteiger partial charge on any atom is 0.119 e. The van der Waals surface area contributed by atoms with E-state index < -0.39 is 0 Å². The molecule has 0 radical (unpaired) electrons. The maximum atomic E-state index is 9.90. The van der Waals surface area contributed by atoms with E-state index >= 15 is 0 Å². The molecule has 0 N–H and O–H groups in total. The topological polar surface area (TPSA) is 17.1 Å². The summed E-state index contributed by atoms with van der Waals surface area (Å²) in [6.07, 6.45) is 2.86. The molecular formula is C8H16OSi. The second kappa shape index (κ2) is 6.74. The normalized spacial score (nSPS) is 10.2. The van der Waals surface area contributed by atoms with E-state index in [-0.39, 0.29) is 9.52 Å². The smallest absolute Gasteiger partial charge is 0.119 e. The van der Waals surface area contributed by atoms with Gasteiger partial charge in [-0.25, -0.2) is 0 Å². The van der Waals surface area contributed by atoms with E-state index in [4.69, 9.17) is 0 Å². The molecule has 0 aliphatic rings. The van der Waals surface area contributed by atoms with Gasteiger partial charge in [0.05, 0.1) is 0 Å². The van der Waals surface area contributed by atoms with Gasteiger partial charge in [0.15, 0.2) is 0 Å². The molecule has 1 nitrogen and oxygen atoms in total. The van der Waals surface area contributed by atoms with Gasteiger partial charge in [-0.2, -0.15) is 0 Å². The molecule has 0 aromatic carbocycles. The Balaban J connectivity index is 3.05. The van der Waals surface area contributed by atoms with Crippen LogP contribution in [-0.2, 0) is 4.79 Å². The van der Waals surface area contributed by atoms with Crippen molar-refractivity contribution >= 4 is 15.8 Å². The predicted molar refractivity (Wildman–Crippen MR) is 48.1 cm³/mol. The Kier molecular flexibility index (Phi) is 6.49. The number of hydrogen-bond donors (Lipinski definition) is 0. The van der Waals surface area contributed by atoms with Crippen LogP contribution in [0.3, 0.4) is 0 Å². The van der Waals surface area contributed by atoms with Crippen LogP contribution in [0, 0.1) is 0 Å². The van der Waals surface area contributed by atoms with Gasteiger partial charge in [-0.15, -0.1) is 5.70 Å². The summed E-state index contributed by atoms with van der Waals surface area (Å²) in [4.78, 5) is 9.90. The van der Waals surface area contributed by atoms with Crippen molar-refractivity contribution < 1.29 is 4.79 Å². The Morgan fingerprint density at radius 2 is 2.20 bits per heavy atom. The molecule has 0 saturated heterocycles. The monoisotopic (exact) mass is 156 g/mol. The number of hydrogen-bond acceptors (Lipinski definition) is 1. The van der Waals surface area contributed by atoms with E-state index in [1.807, 2.05) is 0 Å². The van der Waals surface area contributed by atoms with Crippen LogP contribution in [0.5, 0.6) is 0 Å². The van der Waals surface area contributed by atoms with Crippen LogP contribution in [0.25, 0.3) is 0 Å². The zero-order chi connectivity index (χ0) is 7.82. The Hall–Kier alpha value is -0.373. The molecule has 0 unspecified atom stereocenters. The van der Waals surface area contributed by atoms with Gasteiger partial charge in [0, 0.05) is 15.9 Å². The Morgan fingerprint density at radius 3 is 2.70 bits per heavy atom. The summed E-state index contributed by atoms with van der Waals surface area (Å²) in [6, 6.07) is 1.28. The highest BCUT2D eigenvalue weighted by atomic mass is 28.2. The van der Waals surface area contributed by atoms with Gasteiger partial charge in [0.25, 0.3) is 0 Å². The highest BCUT2D eigenvalue weighted by Crippen LogP contribution is 1.94.